The van der Waals surface area contributed by atoms with Gasteiger partial charge in [0.1, 0.15) is 5.75 Å². The summed E-state index contributed by atoms with van der Waals surface area (Å²) in [5.41, 5.74) is 5.90. The number of carbonyl (C=O) groups excluding carboxylic acids is 1. The number of halogens is 4. The Morgan fingerprint density at radius 1 is 1.35 bits per heavy atom. The largest absolute Gasteiger partial charge is 0.507 e. The highest BCUT2D eigenvalue weighted by atomic mass is 35.5. The van der Waals surface area contributed by atoms with Crippen molar-refractivity contribution in [1.29, 1.82) is 0 Å². The first-order valence-corrected chi connectivity index (χ1v) is 10.6. The molecule has 1 atom stereocenters. The first kappa shape index (κ1) is 21.8. The molecule has 0 spiro atoms. The van der Waals surface area contributed by atoms with E-state index < -0.39 is 17.6 Å². The fourth-order valence-electron chi connectivity index (χ4n) is 3.52. The van der Waals surface area contributed by atoms with Crippen molar-refractivity contribution in [3.05, 3.63) is 52.0 Å². The summed E-state index contributed by atoms with van der Waals surface area (Å²) in [5.74, 6) is -0.864. The summed E-state index contributed by atoms with van der Waals surface area (Å²) < 4.78 is 39.0. The molecule has 11 heteroatoms. The van der Waals surface area contributed by atoms with E-state index in [0.29, 0.717) is 24.2 Å². The van der Waals surface area contributed by atoms with Crippen molar-refractivity contribution in [3.63, 3.8) is 0 Å². The molecular formula is C20H18ClF3N4O2S. The number of likely N-dealkylation sites (tertiary alicyclic amines) is 1. The van der Waals surface area contributed by atoms with Gasteiger partial charge in [0.15, 0.2) is 5.13 Å². The highest BCUT2D eigenvalue weighted by molar-refractivity contribution is 7.22. The Bertz CT molecular complexity index is 1150. The van der Waals surface area contributed by atoms with E-state index in [0.717, 1.165) is 36.4 Å². The zero-order valence-electron chi connectivity index (χ0n) is 16.0. The Labute approximate surface area is 184 Å². The molecule has 31 heavy (non-hydrogen) atoms. The fourth-order valence-corrected chi connectivity index (χ4v) is 4.66. The number of nitrogens with one attached hydrogen (secondary N) is 1. The van der Waals surface area contributed by atoms with Gasteiger partial charge in [-0.1, -0.05) is 22.9 Å². The Balaban J connectivity index is 1.57. The third kappa shape index (κ3) is 4.77. The number of thiazole rings is 1. The van der Waals surface area contributed by atoms with Crippen LogP contribution in [0.5, 0.6) is 5.75 Å². The number of fused-ring (bicyclic) bond motifs is 1. The maximum Gasteiger partial charge on any atom is 0.416 e. The Kier molecular flexibility index (Phi) is 5.82. The molecule has 6 nitrogen and oxygen atoms in total. The number of alkyl halides is 3. The van der Waals surface area contributed by atoms with Crippen LogP contribution in [0.25, 0.3) is 10.2 Å². The van der Waals surface area contributed by atoms with Crippen molar-refractivity contribution in [2.24, 2.45) is 5.73 Å². The average Bonchev–Trinajstić information content (AvgIpc) is 3.28. The summed E-state index contributed by atoms with van der Waals surface area (Å²) in [6.45, 7) is 1.85. The second-order valence-corrected chi connectivity index (χ2v) is 8.87. The lowest BCUT2D eigenvalue weighted by molar-refractivity contribution is -0.137. The molecule has 1 aromatic heterocycles. The fraction of sp³-hybridized carbons (Fsp3) is 0.300. The van der Waals surface area contributed by atoms with Crippen molar-refractivity contribution in [3.8, 4) is 5.75 Å². The highest BCUT2D eigenvalue weighted by Crippen LogP contribution is 2.35. The van der Waals surface area contributed by atoms with E-state index in [1.165, 1.54) is 12.1 Å². The molecule has 0 saturated carbocycles. The maximum absolute atomic E-state index is 12.9. The number of carbonyl (C=O) groups is 1. The van der Waals surface area contributed by atoms with Gasteiger partial charge in [0.05, 0.1) is 21.3 Å². The molecule has 1 saturated heterocycles. The van der Waals surface area contributed by atoms with Gasteiger partial charge < -0.3 is 10.8 Å². The smallest absolute Gasteiger partial charge is 0.416 e. The lowest BCUT2D eigenvalue weighted by Gasteiger charge is -2.17. The van der Waals surface area contributed by atoms with Crippen LogP contribution < -0.4 is 11.1 Å². The summed E-state index contributed by atoms with van der Waals surface area (Å²) in [6.07, 6.45) is -3.62. The first-order valence-electron chi connectivity index (χ1n) is 9.38. The van der Waals surface area contributed by atoms with Crippen molar-refractivity contribution in [2.75, 3.05) is 18.4 Å². The summed E-state index contributed by atoms with van der Waals surface area (Å²) in [5, 5.41) is 13.6. The summed E-state index contributed by atoms with van der Waals surface area (Å²) in [6, 6.07) is 6.17. The molecule has 1 aliphatic rings. The van der Waals surface area contributed by atoms with Crippen molar-refractivity contribution < 1.29 is 23.1 Å². The highest BCUT2D eigenvalue weighted by Gasteiger charge is 2.31. The number of aromatic hydroxyl groups is 1. The molecule has 1 fully saturated rings. The predicted molar refractivity (Wildman–Crippen MR) is 114 cm³/mol. The molecule has 0 radical (unpaired) electrons. The second kappa shape index (κ2) is 8.27. The van der Waals surface area contributed by atoms with Gasteiger partial charge in [0.2, 0.25) is 0 Å². The molecule has 3 aromatic rings. The number of hydrogen-bond acceptors (Lipinski definition) is 6. The van der Waals surface area contributed by atoms with Crippen LogP contribution in [0.3, 0.4) is 0 Å². The summed E-state index contributed by atoms with van der Waals surface area (Å²) >= 11 is 7.07. The first-order chi connectivity index (χ1) is 14.6. The van der Waals surface area contributed by atoms with E-state index in [2.05, 4.69) is 15.2 Å². The Morgan fingerprint density at radius 2 is 2.13 bits per heavy atom. The van der Waals surface area contributed by atoms with Crippen LogP contribution >= 0.6 is 22.9 Å². The van der Waals surface area contributed by atoms with Crippen molar-refractivity contribution in [2.45, 2.75) is 25.2 Å². The van der Waals surface area contributed by atoms with Crippen molar-refractivity contribution in [1.82, 2.24) is 9.88 Å². The number of nitrogens with two attached hydrogens (primary N) is 1. The molecule has 1 amide bonds. The third-order valence-electron chi connectivity index (χ3n) is 5.04. The van der Waals surface area contributed by atoms with Crippen LogP contribution in [0, 0.1) is 0 Å². The number of benzene rings is 2. The van der Waals surface area contributed by atoms with Gasteiger partial charge in [-0.3, -0.25) is 15.0 Å². The van der Waals surface area contributed by atoms with Gasteiger partial charge in [0.25, 0.3) is 5.91 Å². The number of phenolic OH excluding ortho intramolecular Hbond substituents is 1. The minimum atomic E-state index is -4.47. The second-order valence-electron chi connectivity index (χ2n) is 7.40. The Hall–Kier alpha value is -2.40. The summed E-state index contributed by atoms with van der Waals surface area (Å²) in [7, 11) is 0. The topological polar surface area (TPSA) is 91.5 Å². The normalized spacial score (nSPS) is 17.4. The molecule has 4 N–H and O–H groups in total. The molecule has 2 heterocycles. The molecule has 2 aromatic carbocycles. The predicted octanol–water partition coefficient (Wildman–Crippen LogP) is 4.46. The van der Waals surface area contributed by atoms with Gasteiger partial charge >= 0.3 is 6.18 Å². The number of anilines is 1. The van der Waals surface area contributed by atoms with E-state index in [4.69, 9.17) is 17.3 Å². The third-order valence-corrected chi connectivity index (χ3v) is 6.19. The van der Waals surface area contributed by atoms with Crippen LogP contribution in [0.4, 0.5) is 18.3 Å². The van der Waals surface area contributed by atoms with E-state index in [-0.39, 0.29) is 32.2 Å². The van der Waals surface area contributed by atoms with E-state index >= 15 is 0 Å². The molecule has 1 unspecified atom stereocenters. The van der Waals surface area contributed by atoms with Gasteiger partial charge in [0, 0.05) is 36.3 Å². The number of phenols is 1. The maximum atomic E-state index is 12.9. The van der Waals surface area contributed by atoms with Crippen LogP contribution in [-0.4, -0.2) is 40.0 Å². The number of rotatable bonds is 4. The van der Waals surface area contributed by atoms with Gasteiger partial charge in [-0.05, 0) is 36.8 Å². The Morgan fingerprint density at radius 3 is 2.81 bits per heavy atom. The summed E-state index contributed by atoms with van der Waals surface area (Å²) in [4.78, 5) is 19.0. The zero-order valence-corrected chi connectivity index (χ0v) is 17.6. The van der Waals surface area contributed by atoms with Crippen LogP contribution in [0.2, 0.25) is 5.02 Å². The molecule has 4 rings (SSSR count). The SMILES string of the molecule is NC1CCN(Cc2cc(Cl)cc(C(=O)Nc3nc4ccc(C(F)(F)F)cc4s3)c2O)C1. The molecule has 0 aliphatic carbocycles. The minimum absolute atomic E-state index is 0.0405. The van der Waals surface area contributed by atoms with Gasteiger partial charge in [-0.25, -0.2) is 4.98 Å². The van der Waals surface area contributed by atoms with Gasteiger partial charge in [-0.2, -0.15) is 13.2 Å². The quantitative estimate of drug-likeness (QED) is 0.523. The van der Waals surface area contributed by atoms with E-state index in [1.54, 1.807) is 6.07 Å². The molecule has 1 aliphatic heterocycles. The van der Waals surface area contributed by atoms with Crippen molar-refractivity contribution >= 4 is 44.2 Å². The monoisotopic (exact) mass is 470 g/mol. The minimum Gasteiger partial charge on any atom is -0.507 e. The van der Waals surface area contributed by atoms with E-state index in [1.807, 2.05) is 0 Å². The average molecular weight is 471 g/mol. The standard InChI is InChI=1S/C20H18ClF3N4O2S/c21-12-5-10(8-28-4-3-13(25)9-28)17(29)14(7-12)18(30)27-19-26-15-2-1-11(20(22,23)24)6-16(15)31-19/h1-2,5-7,13,29H,3-4,8-9,25H2,(H,26,27,30). The lowest BCUT2D eigenvalue weighted by Crippen LogP contribution is -2.26. The van der Waals surface area contributed by atoms with Crippen LogP contribution in [0.1, 0.15) is 27.9 Å². The number of aromatic nitrogens is 1. The van der Waals surface area contributed by atoms with Crippen LogP contribution in [0.15, 0.2) is 30.3 Å². The molecule has 0 bridgehead atoms. The number of nitrogens with zero attached hydrogens (tertiary/aromatic N) is 2. The molecule has 164 valence electrons. The molecular weight excluding hydrogens is 453 g/mol. The van der Waals surface area contributed by atoms with E-state index in [9.17, 15) is 23.1 Å². The number of hydrogen-bond donors (Lipinski definition) is 3. The lowest BCUT2D eigenvalue weighted by atomic mass is 10.1. The van der Waals surface area contributed by atoms with Crippen LogP contribution in [-0.2, 0) is 12.7 Å². The number of amides is 1. The zero-order chi connectivity index (χ0) is 22.3. The van der Waals surface area contributed by atoms with Gasteiger partial charge in [-0.15, -0.1) is 0 Å².